The van der Waals surface area contributed by atoms with Crippen molar-refractivity contribution in [1.29, 1.82) is 0 Å². The minimum absolute atomic E-state index is 0.426. The molecule has 20 heavy (non-hydrogen) atoms. The number of rotatable bonds is 7. The zero-order valence-electron chi connectivity index (χ0n) is 11.7. The lowest BCUT2D eigenvalue weighted by Gasteiger charge is -2.16. The van der Waals surface area contributed by atoms with Gasteiger partial charge in [-0.15, -0.1) is 0 Å². The summed E-state index contributed by atoms with van der Waals surface area (Å²) in [6.07, 6.45) is 3.80. The van der Waals surface area contributed by atoms with E-state index in [-0.39, 0.29) is 0 Å². The quantitative estimate of drug-likeness (QED) is 0.731. The summed E-state index contributed by atoms with van der Waals surface area (Å²) < 4.78 is 15.3. The summed E-state index contributed by atoms with van der Waals surface area (Å²) in [4.78, 5) is 14.4. The van der Waals surface area contributed by atoms with Crippen molar-refractivity contribution in [2.45, 2.75) is 13.0 Å². The maximum absolute atomic E-state index is 5.18. The van der Waals surface area contributed by atoms with Gasteiger partial charge in [-0.05, 0) is 0 Å². The summed E-state index contributed by atoms with van der Waals surface area (Å²) in [5, 5.41) is 3.88. The number of hydrogen-bond acceptors (Lipinski definition) is 8. The molecule has 0 aromatic carbocycles. The molecule has 0 amide bonds. The third-order valence-electron chi connectivity index (χ3n) is 2.61. The highest BCUT2D eigenvalue weighted by Crippen LogP contribution is 2.21. The summed E-state index contributed by atoms with van der Waals surface area (Å²) >= 11 is 0. The molecule has 0 unspecified atom stereocenters. The van der Waals surface area contributed by atoms with Crippen molar-refractivity contribution in [3.05, 3.63) is 24.1 Å². The van der Waals surface area contributed by atoms with Crippen LogP contribution in [-0.4, -0.2) is 48.0 Å². The molecule has 0 aliphatic heterocycles. The molecular weight excluding hydrogens is 262 g/mol. The number of hydrogen-bond donors (Lipinski definition) is 0. The van der Waals surface area contributed by atoms with Gasteiger partial charge in [0.25, 0.3) is 5.88 Å². The van der Waals surface area contributed by atoms with E-state index in [9.17, 15) is 0 Å². The Hall–Kier alpha value is -2.22. The Labute approximate surface area is 116 Å². The van der Waals surface area contributed by atoms with E-state index in [2.05, 4.69) is 20.1 Å². The Bertz CT molecular complexity index is 545. The van der Waals surface area contributed by atoms with E-state index in [4.69, 9.17) is 14.0 Å². The summed E-state index contributed by atoms with van der Waals surface area (Å²) in [6, 6.07) is 0. The largest absolute Gasteiger partial charge is 0.478 e. The van der Waals surface area contributed by atoms with E-state index < -0.39 is 0 Å². The molecule has 0 spiro atoms. The molecule has 0 saturated carbocycles. The van der Waals surface area contributed by atoms with Gasteiger partial charge in [0, 0.05) is 33.0 Å². The highest BCUT2D eigenvalue weighted by atomic mass is 16.5. The molecule has 0 bridgehead atoms. The van der Waals surface area contributed by atoms with Gasteiger partial charge in [-0.25, -0.2) is 9.97 Å². The Morgan fingerprint density at radius 1 is 1.25 bits per heavy atom. The minimum atomic E-state index is 0.426. The highest BCUT2D eigenvalue weighted by Gasteiger charge is 2.14. The van der Waals surface area contributed by atoms with Crippen LogP contribution in [0.4, 0.5) is 5.82 Å². The molecule has 8 heteroatoms. The van der Waals surface area contributed by atoms with Gasteiger partial charge in [-0.1, -0.05) is 5.16 Å². The van der Waals surface area contributed by atoms with Crippen LogP contribution in [0.25, 0.3) is 0 Å². The third-order valence-corrected chi connectivity index (χ3v) is 2.61. The lowest BCUT2D eigenvalue weighted by molar-refractivity contribution is 0.199. The summed E-state index contributed by atoms with van der Waals surface area (Å²) in [5.41, 5.74) is 0. The molecule has 0 radical (unpaired) electrons. The van der Waals surface area contributed by atoms with Gasteiger partial charge >= 0.3 is 0 Å². The third kappa shape index (κ3) is 3.41. The van der Waals surface area contributed by atoms with E-state index in [0.717, 1.165) is 0 Å². The summed E-state index contributed by atoms with van der Waals surface area (Å²) in [5.74, 6) is 2.20. The molecule has 0 atom stereocenters. The lowest BCUT2D eigenvalue weighted by Crippen LogP contribution is -2.19. The fourth-order valence-corrected chi connectivity index (χ4v) is 1.65. The molecule has 2 aromatic rings. The standard InChI is InChI=1S/C12H17N5O3/c1-17(11-12(19-3)14-6-5-13-11)8-10-15-9(16-20-10)4-7-18-2/h5-6H,4,7-8H2,1-3H3. The van der Waals surface area contributed by atoms with E-state index in [0.29, 0.717) is 43.0 Å². The van der Waals surface area contributed by atoms with E-state index in [1.165, 1.54) is 0 Å². The molecular formula is C12H17N5O3. The second kappa shape index (κ2) is 6.80. The molecule has 2 heterocycles. The van der Waals surface area contributed by atoms with Gasteiger partial charge in [0.2, 0.25) is 5.89 Å². The zero-order valence-corrected chi connectivity index (χ0v) is 11.7. The number of methoxy groups -OCH3 is 2. The van der Waals surface area contributed by atoms with Crippen molar-refractivity contribution < 1.29 is 14.0 Å². The van der Waals surface area contributed by atoms with E-state index >= 15 is 0 Å². The number of ether oxygens (including phenoxy) is 2. The van der Waals surface area contributed by atoms with Crippen LogP contribution in [0.15, 0.2) is 16.9 Å². The number of anilines is 1. The molecule has 8 nitrogen and oxygen atoms in total. The van der Waals surface area contributed by atoms with Gasteiger partial charge in [0.05, 0.1) is 20.3 Å². The Kier molecular flexibility index (Phi) is 4.83. The fourth-order valence-electron chi connectivity index (χ4n) is 1.65. The molecule has 0 N–H and O–H groups in total. The monoisotopic (exact) mass is 279 g/mol. The van der Waals surface area contributed by atoms with Crippen LogP contribution in [0.1, 0.15) is 11.7 Å². The Morgan fingerprint density at radius 2 is 2.05 bits per heavy atom. The predicted octanol–water partition coefficient (Wildman–Crippen LogP) is 0.694. The van der Waals surface area contributed by atoms with Crippen LogP contribution < -0.4 is 9.64 Å². The average Bonchev–Trinajstić information content (AvgIpc) is 2.92. The van der Waals surface area contributed by atoms with Gasteiger partial charge in [0.15, 0.2) is 11.6 Å². The molecule has 0 aliphatic rings. The maximum atomic E-state index is 5.18. The summed E-state index contributed by atoms with van der Waals surface area (Å²) in [7, 11) is 5.04. The normalized spacial score (nSPS) is 10.6. The lowest BCUT2D eigenvalue weighted by atomic mass is 10.4. The molecule has 108 valence electrons. The first-order chi connectivity index (χ1) is 9.74. The van der Waals surface area contributed by atoms with Crippen molar-refractivity contribution in [2.24, 2.45) is 0 Å². The zero-order chi connectivity index (χ0) is 14.4. The van der Waals surface area contributed by atoms with E-state index in [1.807, 2.05) is 11.9 Å². The van der Waals surface area contributed by atoms with Crippen LogP contribution in [0.2, 0.25) is 0 Å². The van der Waals surface area contributed by atoms with Crippen molar-refractivity contribution in [2.75, 3.05) is 32.8 Å². The predicted molar refractivity (Wildman–Crippen MR) is 70.6 cm³/mol. The first kappa shape index (κ1) is 14.2. The number of nitrogens with zero attached hydrogens (tertiary/aromatic N) is 5. The molecule has 2 aromatic heterocycles. The van der Waals surface area contributed by atoms with Gasteiger partial charge in [-0.2, -0.15) is 4.98 Å². The van der Waals surface area contributed by atoms with Gasteiger partial charge in [0.1, 0.15) is 0 Å². The average molecular weight is 279 g/mol. The smallest absolute Gasteiger partial charge is 0.257 e. The Morgan fingerprint density at radius 3 is 2.80 bits per heavy atom. The van der Waals surface area contributed by atoms with Crippen molar-refractivity contribution in [3.63, 3.8) is 0 Å². The van der Waals surface area contributed by atoms with Crippen molar-refractivity contribution >= 4 is 5.82 Å². The first-order valence-corrected chi connectivity index (χ1v) is 6.11. The topological polar surface area (TPSA) is 86.4 Å². The fraction of sp³-hybridized carbons (Fsp3) is 0.500. The second-order valence-corrected chi connectivity index (χ2v) is 4.09. The van der Waals surface area contributed by atoms with Crippen LogP contribution in [0.5, 0.6) is 5.88 Å². The van der Waals surface area contributed by atoms with Crippen LogP contribution in [0, 0.1) is 0 Å². The summed E-state index contributed by atoms with van der Waals surface area (Å²) in [6.45, 7) is 0.988. The molecule has 0 saturated heterocycles. The first-order valence-electron chi connectivity index (χ1n) is 6.11. The van der Waals surface area contributed by atoms with Crippen LogP contribution in [-0.2, 0) is 17.7 Å². The van der Waals surface area contributed by atoms with Gasteiger partial charge in [-0.3, -0.25) is 0 Å². The minimum Gasteiger partial charge on any atom is -0.478 e. The maximum Gasteiger partial charge on any atom is 0.257 e. The molecule has 0 fully saturated rings. The molecule has 2 rings (SSSR count). The molecule has 0 aliphatic carbocycles. The van der Waals surface area contributed by atoms with Crippen LogP contribution >= 0.6 is 0 Å². The van der Waals surface area contributed by atoms with Gasteiger partial charge < -0.3 is 18.9 Å². The highest BCUT2D eigenvalue weighted by molar-refractivity contribution is 5.46. The number of aromatic nitrogens is 4. The van der Waals surface area contributed by atoms with Crippen molar-refractivity contribution in [3.8, 4) is 5.88 Å². The SMILES string of the molecule is COCCc1noc(CN(C)c2nccnc2OC)n1. The van der Waals surface area contributed by atoms with Crippen LogP contribution in [0.3, 0.4) is 0 Å². The Balaban J connectivity index is 2.03. The second-order valence-electron chi connectivity index (χ2n) is 4.09. The van der Waals surface area contributed by atoms with Crippen molar-refractivity contribution in [1.82, 2.24) is 20.1 Å². The van der Waals surface area contributed by atoms with E-state index in [1.54, 1.807) is 26.6 Å².